The molecule has 3 aromatic heterocycles. The lowest BCUT2D eigenvalue weighted by Crippen LogP contribution is -2.39. The minimum Gasteiger partial charge on any atom is -0.475 e. The third-order valence-electron chi connectivity index (χ3n) is 4.58. The summed E-state index contributed by atoms with van der Waals surface area (Å²) in [6.07, 6.45) is -3.20. The zero-order chi connectivity index (χ0) is 29.1. The van der Waals surface area contributed by atoms with Crippen molar-refractivity contribution in [2.45, 2.75) is 24.9 Å². The average molecular weight is 565 g/mol. The molecule has 17 heteroatoms. The second-order valence-electron chi connectivity index (χ2n) is 7.44. The van der Waals surface area contributed by atoms with E-state index in [-0.39, 0.29) is 6.04 Å². The molecule has 1 unspecified atom stereocenters. The van der Waals surface area contributed by atoms with Crippen molar-refractivity contribution in [3.05, 3.63) is 66.6 Å². The Labute approximate surface area is 216 Å². The van der Waals surface area contributed by atoms with E-state index in [9.17, 15) is 26.3 Å². The Bertz CT molecular complexity index is 1150. The lowest BCUT2D eigenvalue weighted by Gasteiger charge is -2.34. The highest BCUT2D eigenvalue weighted by atomic mass is 19.4. The van der Waals surface area contributed by atoms with Gasteiger partial charge in [0.05, 0.1) is 31.8 Å². The Hall–Kier alpha value is -4.25. The van der Waals surface area contributed by atoms with Gasteiger partial charge in [-0.3, -0.25) is 4.90 Å². The predicted molar refractivity (Wildman–Crippen MR) is 120 cm³/mol. The number of anilines is 2. The van der Waals surface area contributed by atoms with E-state index in [0.29, 0.717) is 13.2 Å². The number of aromatic nitrogens is 3. The van der Waals surface area contributed by atoms with E-state index in [2.05, 4.69) is 25.2 Å². The van der Waals surface area contributed by atoms with Crippen LogP contribution in [0.3, 0.4) is 0 Å². The molecule has 1 aliphatic heterocycles. The van der Waals surface area contributed by atoms with Crippen molar-refractivity contribution in [1.29, 1.82) is 0 Å². The van der Waals surface area contributed by atoms with Gasteiger partial charge in [0.15, 0.2) is 0 Å². The molecule has 1 atom stereocenters. The van der Waals surface area contributed by atoms with Gasteiger partial charge in [0.25, 0.3) is 0 Å². The third-order valence-corrected chi connectivity index (χ3v) is 4.58. The number of halogens is 6. The molecule has 3 N–H and O–H groups in total. The monoisotopic (exact) mass is 565 g/mol. The number of aliphatic carboxylic acids is 2. The summed E-state index contributed by atoms with van der Waals surface area (Å²) in [5, 5.41) is 17.5. The van der Waals surface area contributed by atoms with Crippen LogP contribution < -0.4 is 5.32 Å². The first-order valence-corrected chi connectivity index (χ1v) is 10.7. The second-order valence-corrected chi connectivity index (χ2v) is 7.44. The van der Waals surface area contributed by atoms with Crippen LogP contribution in [0.1, 0.15) is 17.4 Å². The Kier molecular flexibility index (Phi) is 11.2. The molecule has 1 aliphatic rings. The molecule has 212 valence electrons. The molecule has 0 spiro atoms. The van der Waals surface area contributed by atoms with Crippen LogP contribution in [-0.2, 0) is 20.9 Å². The number of furan rings is 1. The Morgan fingerprint density at radius 2 is 1.64 bits per heavy atom. The average Bonchev–Trinajstić information content (AvgIpc) is 3.38. The largest absolute Gasteiger partial charge is 0.490 e. The van der Waals surface area contributed by atoms with Crippen molar-refractivity contribution in [2.24, 2.45) is 0 Å². The molecule has 0 radical (unpaired) electrons. The molecule has 0 aromatic carbocycles. The molecule has 3 aromatic rings. The molecule has 1 fully saturated rings. The molecule has 0 aliphatic carbocycles. The quantitative estimate of drug-likeness (QED) is 0.385. The smallest absolute Gasteiger partial charge is 0.475 e. The van der Waals surface area contributed by atoms with E-state index in [4.69, 9.17) is 29.0 Å². The standard InChI is InChI=1S/C18H19N5O2.2C2HF3O2/c1-2-6-19-16(3-1)21-17-4-7-20-18(22-17)15-13-25-10-8-23(15)11-14-5-9-24-12-14;2*3-2(4,5)1(6)7/h1-7,9,12,15H,8,10-11,13H2,(H,19,20,21,22);2*(H,6,7). The molecule has 0 bridgehead atoms. The summed E-state index contributed by atoms with van der Waals surface area (Å²) >= 11 is 0. The summed E-state index contributed by atoms with van der Waals surface area (Å²) in [7, 11) is 0. The minimum absolute atomic E-state index is 0.00846. The molecule has 39 heavy (non-hydrogen) atoms. The van der Waals surface area contributed by atoms with E-state index in [1.165, 1.54) is 0 Å². The van der Waals surface area contributed by atoms with Crippen molar-refractivity contribution in [1.82, 2.24) is 19.9 Å². The number of carbonyl (C=O) groups is 2. The normalized spacial score (nSPS) is 15.7. The van der Waals surface area contributed by atoms with E-state index >= 15 is 0 Å². The van der Waals surface area contributed by atoms with Gasteiger partial charge in [-0.05, 0) is 24.3 Å². The van der Waals surface area contributed by atoms with Gasteiger partial charge < -0.3 is 24.7 Å². The first kappa shape index (κ1) is 31.0. The van der Waals surface area contributed by atoms with E-state index in [0.717, 1.165) is 36.1 Å². The maximum atomic E-state index is 10.6. The molecule has 0 saturated carbocycles. The lowest BCUT2D eigenvalue weighted by molar-refractivity contribution is -0.193. The Morgan fingerprint density at radius 3 is 2.18 bits per heavy atom. The van der Waals surface area contributed by atoms with Crippen molar-refractivity contribution in [2.75, 3.05) is 25.1 Å². The topological polar surface area (TPSA) is 151 Å². The highest BCUT2D eigenvalue weighted by Crippen LogP contribution is 2.25. The third kappa shape index (κ3) is 10.9. The SMILES string of the molecule is O=C(O)C(F)(F)F.O=C(O)C(F)(F)F.c1ccc(Nc2ccnc(C3COCCN3Cc3ccoc3)n2)nc1. The zero-order valence-corrected chi connectivity index (χ0v) is 19.7. The van der Waals surface area contributed by atoms with Gasteiger partial charge in [0.1, 0.15) is 17.5 Å². The summed E-state index contributed by atoms with van der Waals surface area (Å²) in [4.78, 5) is 33.5. The number of pyridine rings is 1. The Morgan fingerprint density at radius 1 is 0.974 bits per heavy atom. The van der Waals surface area contributed by atoms with Crippen molar-refractivity contribution < 1.29 is 55.3 Å². The Balaban J connectivity index is 0.000000317. The number of rotatable bonds is 5. The van der Waals surface area contributed by atoms with Crippen molar-refractivity contribution in [3.63, 3.8) is 0 Å². The fourth-order valence-corrected chi connectivity index (χ4v) is 2.85. The van der Waals surface area contributed by atoms with Gasteiger partial charge in [-0.1, -0.05) is 6.07 Å². The summed E-state index contributed by atoms with van der Waals surface area (Å²) < 4.78 is 74.3. The summed E-state index contributed by atoms with van der Waals surface area (Å²) in [6, 6.07) is 9.53. The van der Waals surface area contributed by atoms with Crippen LogP contribution in [0.4, 0.5) is 38.0 Å². The number of alkyl halides is 6. The maximum absolute atomic E-state index is 10.6. The number of hydrogen-bond donors (Lipinski definition) is 3. The summed E-state index contributed by atoms with van der Waals surface area (Å²) in [5.41, 5.74) is 1.13. The number of nitrogens with zero attached hydrogens (tertiary/aromatic N) is 4. The number of ether oxygens (including phenoxy) is 1. The van der Waals surface area contributed by atoms with Crippen LogP contribution in [-0.4, -0.2) is 74.1 Å². The zero-order valence-electron chi connectivity index (χ0n) is 19.7. The minimum atomic E-state index is -5.08. The molecule has 4 rings (SSSR count). The first-order valence-electron chi connectivity index (χ1n) is 10.7. The van der Waals surface area contributed by atoms with Crippen molar-refractivity contribution >= 4 is 23.6 Å². The molecular weight excluding hydrogens is 544 g/mol. The number of hydrogen-bond acceptors (Lipinski definition) is 9. The van der Waals surface area contributed by atoms with Crippen LogP contribution >= 0.6 is 0 Å². The molecule has 0 amide bonds. The maximum Gasteiger partial charge on any atom is 0.490 e. The van der Waals surface area contributed by atoms with Gasteiger partial charge in [-0.2, -0.15) is 26.3 Å². The number of carboxylic acid groups (broad SMARTS) is 2. The van der Waals surface area contributed by atoms with E-state index < -0.39 is 24.3 Å². The van der Waals surface area contributed by atoms with Crippen molar-refractivity contribution in [3.8, 4) is 0 Å². The number of morpholine rings is 1. The summed E-state index contributed by atoms with van der Waals surface area (Å²) in [5.74, 6) is -3.30. The van der Waals surface area contributed by atoms with Gasteiger partial charge in [-0.15, -0.1) is 0 Å². The fraction of sp³-hybridized carbons (Fsp3) is 0.318. The lowest BCUT2D eigenvalue weighted by atomic mass is 10.2. The molecule has 11 nitrogen and oxygen atoms in total. The van der Waals surface area contributed by atoms with Crippen LogP contribution in [0.2, 0.25) is 0 Å². The van der Waals surface area contributed by atoms with Crippen LogP contribution in [0.5, 0.6) is 0 Å². The van der Waals surface area contributed by atoms with E-state index in [1.54, 1.807) is 24.9 Å². The number of nitrogens with one attached hydrogen (secondary N) is 1. The van der Waals surface area contributed by atoms with Crippen LogP contribution in [0, 0.1) is 0 Å². The predicted octanol–water partition coefficient (Wildman–Crippen LogP) is 4.05. The van der Waals surface area contributed by atoms with Crippen LogP contribution in [0.15, 0.2) is 59.7 Å². The van der Waals surface area contributed by atoms with Gasteiger partial charge in [0, 0.05) is 31.0 Å². The van der Waals surface area contributed by atoms with Crippen LogP contribution in [0.25, 0.3) is 0 Å². The second kappa shape index (κ2) is 14.1. The van der Waals surface area contributed by atoms with Gasteiger partial charge in [-0.25, -0.2) is 24.5 Å². The molecular formula is C22H21F6N5O6. The van der Waals surface area contributed by atoms with Gasteiger partial charge >= 0.3 is 24.3 Å². The van der Waals surface area contributed by atoms with E-state index in [1.807, 2.05) is 30.3 Å². The summed E-state index contributed by atoms with van der Waals surface area (Å²) in [6.45, 7) is 2.90. The highest BCUT2D eigenvalue weighted by Gasteiger charge is 2.38. The number of carboxylic acids is 2. The highest BCUT2D eigenvalue weighted by molar-refractivity contribution is 5.73. The van der Waals surface area contributed by atoms with Gasteiger partial charge in [0.2, 0.25) is 0 Å². The first-order chi connectivity index (χ1) is 18.3. The molecule has 1 saturated heterocycles. The molecule has 4 heterocycles. The fourth-order valence-electron chi connectivity index (χ4n) is 2.85.